The maximum atomic E-state index is 11.5. The number of carboxylic acids is 2. The Kier molecular flexibility index (Phi) is 4.46. The predicted molar refractivity (Wildman–Crippen MR) is 77.0 cm³/mol. The maximum absolute atomic E-state index is 11.5. The molecule has 0 radical (unpaired) electrons. The van der Waals surface area contributed by atoms with Crippen LogP contribution in [0.2, 0.25) is 0 Å². The second-order valence-corrected chi connectivity index (χ2v) is 4.73. The van der Waals surface area contributed by atoms with E-state index in [-0.39, 0.29) is 11.1 Å². The molecule has 0 saturated carbocycles. The highest BCUT2D eigenvalue weighted by Crippen LogP contribution is 2.34. The quantitative estimate of drug-likeness (QED) is 0.582. The van der Waals surface area contributed by atoms with Gasteiger partial charge in [0.25, 0.3) is 11.6 Å². The van der Waals surface area contributed by atoms with Crippen molar-refractivity contribution < 1.29 is 34.8 Å². The summed E-state index contributed by atoms with van der Waals surface area (Å²) in [7, 11) is 0. The van der Waals surface area contributed by atoms with Gasteiger partial charge >= 0.3 is 11.9 Å². The smallest absolute Gasteiger partial charge is 0.369 e. The minimum absolute atomic E-state index is 0.233. The molecule has 2 aromatic rings. The number of carbonyl (C=O) groups is 2. The van der Waals surface area contributed by atoms with Crippen molar-refractivity contribution in [3.63, 3.8) is 0 Å². The van der Waals surface area contributed by atoms with Gasteiger partial charge in [0, 0.05) is 11.1 Å². The average molecular weight is 318 g/mol. The Balaban J connectivity index is 2.53. The largest absolute Gasteiger partial charge is 0.477 e. The summed E-state index contributed by atoms with van der Waals surface area (Å²) in [6, 6.07) is 13.9. The fraction of sp³-hybridized carbons (Fsp3) is 0.125. The summed E-state index contributed by atoms with van der Waals surface area (Å²) in [6.45, 7) is 0. The first-order valence-corrected chi connectivity index (χ1v) is 6.53. The van der Waals surface area contributed by atoms with Gasteiger partial charge in [0.2, 0.25) is 0 Å². The lowest BCUT2D eigenvalue weighted by Gasteiger charge is -2.32. The second-order valence-electron chi connectivity index (χ2n) is 4.73. The third-order valence-electron chi connectivity index (χ3n) is 3.21. The molecule has 0 amide bonds. The normalized spacial score (nSPS) is 16.1. The Morgan fingerprint density at radius 3 is 1.26 bits per heavy atom. The molecule has 23 heavy (non-hydrogen) atoms. The molecule has 0 fully saturated rings. The summed E-state index contributed by atoms with van der Waals surface area (Å²) in [5, 5.41) is 39.3. The van der Waals surface area contributed by atoms with Gasteiger partial charge in [-0.1, -0.05) is 60.7 Å². The predicted octanol–water partition coefficient (Wildman–Crippen LogP) is 0.863. The fourth-order valence-corrected chi connectivity index (χ4v) is 1.99. The van der Waals surface area contributed by atoms with Gasteiger partial charge in [-0.25, -0.2) is 9.59 Å². The van der Waals surface area contributed by atoms with Gasteiger partial charge in [-0.3, -0.25) is 4.74 Å². The van der Waals surface area contributed by atoms with Crippen molar-refractivity contribution in [2.75, 3.05) is 0 Å². The maximum Gasteiger partial charge on any atom is 0.369 e. The molecule has 7 heteroatoms. The molecule has 0 aromatic heterocycles. The summed E-state index contributed by atoms with van der Waals surface area (Å²) in [5.41, 5.74) is -0.466. The van der Waals surface area contributed by atoms with Gasteiger partial charge in [-0.05, 0) is 0 Å². The summed E-state index contributed by atoms with van der Waals surface area (Å²) in [6.07, 6.45) is 0. The van der Waals surface area contributed by atoms with Crippen molar-refractivity contribution in [1.82, 2.24) is 0 Å². The molecular formula is C16H14O7. The molecule has 7 nitrogen and oxygen atoms in total. The zero-order valence-electron chi connectivity index (χ0n) is 11.8. The highest BCUT2D eigenvalue weighted by molar-refractivity contribution is 5.80. The van der Waals surface area contributed by atoms with E-state index in [4.69, 9.17) is 4.74 Å². The highest BCUT2D eigenvalue weighted by atomic mass is 16.7. The Morgan fingerprint density at radius 1 is 0.696 bits per heavy atom. The van der Waals surface area contributed by atoms with Gasteiger partial charge in [0.05, 0.1) is 0 Å². The first-order chi connectivity index (χ1) is 10.8. The van der Waals surface area contributed by atoms with E-state index in [9.17, 15) is 30.0 Å². The zero-order valence-corrected chi connectivity index (χ0v) is 11.8. The second kappa shape index (κ2) is 6.17. The van der Waals surface area contributed by atoms with Crippen molar-refractivity contribution in [2.24, 2.45) is 0 Å². The molecule has 2 aromatic carbocycles. The van der Waals surface area contributed by atoms with E-state index in [1.807, 2.05) is 0 Å². The van der Waals surface area contributed by atoms with Crippen LogP contribution < -0.4 is 0 Å². The van der Waals surface area contributed by atoms with Crippen LogP contribution in [0, 0.1) is 0 Å². The van der Waals surface area contributed by atoms with Crippen LogP contribution in [-0.2, 0) is 25.9 Å². The van der Waals surface area contributed by atoms with Gasteiger partial charge in [0.1, 0.15) is 0 Å². The fourth-order valence-electron chi connectivity index (χ4n) is 1.99. The third kappa shape index (κ3) is 3.07. The molecule has 0 aliphatic rings. The Labute approximate surface area is 131 Å². The van der Waals surface area contributed by atoms with E-state index in [2.05, 4.69) is 0 Å². The van der Waals surface area contributed by atoms with Crippen LogP contribution in [0.1, 0.15) is 11.1 Å². The first kappa shape index (κ1) is 16.6. The molecule has 0 heterocycles. The zero-order chi connectivity index (χ0) is 17.1. The van der Waals surface area contributed by atoms with Crippen LogP contribution >= 0.6 is 0 Å². The van der Waals surface area contributed by atoms with Crippen molar-refractivity contribution in [3.8, 4) is 0 Å². The van der Waals surface area contributed by atoms with Crippen LogP contribution in [-0.4, -0.2) is 32.4 Å². The number of benzene rings is 2. The van der Waals surface area contributed by atoms with Crippen molar-refractivity contribution in [3.05, 3.63) is 71.8 Å². The van der Waals surface area contributed by atoms with Crippen LogP contribution in [0.4, 0.5) is 0 Å². The lowest BCUT2D eigenvalue weighted by atomic mass is 10.0. The minimum atomic E-state index is -3.05. The summed E-state index contributed by atoms with van der Waals surface area (Å²) < 4.78 is 4.83. The summed E-state index contributed by atoms with van der Waals surface area (Å²) in [4.78, 5) is 22.9. The lowest BCUT2D eigenvalue weighted by molar-refractivity contribution is -0.330. The average Bonchev–Trinajstić information content (AvgIpc) is 2.56. The van der Waals surface area contributed by atoms with Gasteiger partial charge in [0.15, 0.2) is 0 Å². The first-order valence-electron chi connectivity index (χ1n) is 6.53. The molecule has 0 bridgehead atoms. The van der Waals surface area contributed by atoms with Crippen molar-refractivity contribution in [1.29, 1.82) is 0 Å². The number of carboxylic acid groups (broad SMARTS) is 2. The van der Waals surface area contributed by atoms with Crippen molar-refractivity contribution >= 4 is 11.9 Å². The van der Waals surface area contributed by atoms with Gasteiger partial charge < -0.3 is 20.4 Å². The lowest BCUT2D eigenvalue weighted by Crippen LogP contribution is -2.50. The van der Waals surface area contributed by atoms with E-state index in [1.54, 1.807) is 12.1 Å². The molecule has 0 saturated heterocycles. The van der Waals surface area contributed by atoms with E-state index in [0.29, 0.717) is 0 Å². The van der Waals surface area contributed by atoms with Crippen LogP contribution in [0.5, 0.6) is 0 Å². The molecular weight excluding hydrogens is 304 g/mol. The van der Waals surface area contributed by atoms with E-state index in [1.165, 1.54) is 48.5 Å². The molecule has 4 N–H and O–H groups in total. The van der Waals surface area contributed by atoms with E-state index in [0.717, 1.165) is 0 Å². The third-order valence-corrected chi connectivity index (χ3v) is 3.21. The molecule has 2 rings (SSSR count). The topological polar surface area (TPSA) is 124 Å². The molecule has 0 aliphatic heterocycles. The number of hydrogen-bond donors (Lipinski definition) is 4. The Bertz CT molecular complexity index is 639. The van der Waals surface area contributed by atoms with Crippen LogP contribution in [0.25, 0.3) is 0 Å². The number of ether oxygens (including phenoxy) is 1. The van der Waals surface area contributed by atoms with Gasteiger partial charge in [-0.2, -0.15) is 0 Å². The number of hydrogen-bond acceptors (Lipinski definition) is 5. The van der Waals surface area contributed by atoms with Crippen LogP contribution in [0.3, 0.4) is 0 Å². The molecule has 2 atom stereocenters. The molecule has 120 valence electrons. The molecule has 2 unspecified atom stereocenters. The molecule has 0 spiro atoms. The Hall–Kier alpha value is -2.74. The van der Waals surface area contributed by atoms with Crippen LogP contribution in [0.15, 0.2) is 60.7 Å². The van der Waals surface area contributed by atoms with Gasteiger partial charge in [-0.15, -0.1) is 0 Å². The Morgan fingerprint density at radius 2 is 1.00 bits per heavy atom. The number of aliphatic carboxylic acids is 2. The molecule has 0 aliphatic carbocycles. The monoisotopic (exact) mass is 318 g/mol. The van der Waals surface area contributed by atoms with E-state index >= 15 is 0 Å². The minimum Gasteiger partial charge on any atom is -0.477 e. The van der Waals surface area contributed by atoms with Crippen molar-refractivity contribution in [2.45, 2.75) is 11.6 Å². The number of rotatable bonds is 6. The summed E-state index contributed by atoms with van der Waals surface area (Å²) >= 11 is 0. The van der Waals surface area contributed by atoms with E-state index < -0.39 is 23.5 Å². The summed E-state index contributed by atoms with van der Waals surface area (Å²) in [5.74, 6) is -9.83. The standard InChI is InChI=1S/C16H14O7/c17-13(18)15(21,11-7-3-1-4-8-11)23-16(22,14(19)20)12-9-5-2-6-10-12/h1-10,21-22H,(H,17,18)(H,19,20). The SMILES string of the molecule is O=C(O)C(O)(OC(O)(C(=O)O)c1ccccc1)c1ccccc1. The number of aliphatic hydroxyl groups is 2. The highest BCUT2D eigenvalue weighted by Gasteiger charge is 2.52.